The fraction of sp³-hybridized carbons (Fsp3) is 0.250. The maximum atomic E-state index is 10.7. The molecule has 3 N–H and O–H groups in total. The topological polar surface area (TPSA) is 100 Å². The molecule has 0 spiro atoms. The van der Waals surface area contributed by atoms with Gasteiger partial charge in [-0.2, -0.15) is 0 Å². The van der Waals surface area contributed by atoms with Gasteiger partial charge in [-0.15, -0.1) is 0 Å². The van der Waals surface area contributed by atoms with E-state index in [2.05, 4.69) is 5.73 Å². The van der Waals surface area contributed by atoms with Gasteiger partial charge in [-0.1, -0.05) is 12.1 Å². The van der Waals surface area contributed by atoms with Crippen LogP contribution in [0.15, 0.2) is 24.3 Å². The van der Waals surface area contributed by atoms with E-state index < -0.39 is 13.4 Å². The molecule has 0 saturated heterocycles. The third-order valence-corrected chi connectivity index (χ3v) is 2.92. The standard InChI is InChI=1S/C8H12NO4P/c1-13-7-4-2-3-6(5-7)8(9)14(10,11)12/h2-5,8H,9H2,1H3,(H2,10,11,12)/p-1/t8-/m0/s1. The zero-order valence-electron chi connectivity index (χ0n) is 7.67. The fourth-order valence-corrected chi connectivity index (χ4v) is 1.56. The van der Waals surface area contributed by atoms with Crippen LogP contribution < -0.4 is 20.3 Å². The smallest absolute Gasteiger partial charge is 0.135 e. The molecular formula is C8H11NO4P-. The Bertz CT molecular complexity index is 362. The average molecular weight is 216 g/mol. The molecule has 0 unspecified atom stereocenters. The zero-order valence-corrected chi connectivity index (χ0v) is 8.57. The first-order valence-corrected chi connectivity index (χ1v) is 5.55. The van der Waals surface area contributed by atoms with Crippen molar-refractivity contribution in [2.75, 3.05) is 7.11 Å². The third kappa shape index (κ3) is 2.56. The minimum absolute atomic E-state index is 0.345. The van der Waals surface area contributed by atoms with Gasteiger partial charge < -0.3 is 24.8 Å². The highest BCUT2D eigenvalue weighted by Gasteiger charge is 2.13. The Balaban J connectivity index is 3.01. The summed E-state index contributed by atoms with van der Waals surface area (Å²) in [5.41, 5.74) is 3.66. The molecule has 0 aromatic heterocycles. The van der Waals surface area contributed by atoms with Crippen molar-refractivity contribution in [1.29, 1.82) is 0 Å². The van der Waals surface area contributed by atoms with E-state index in [1.807, 2.05) is 0 Å². The first-order chi connectivity index (χ1) is 6.45. The van der Waals surface area contributed by atoms with E-state index >= 15 is 0 Å². The quantitative estimate of drug-likeness (QED) is 0.644. The molecule has 78 valence electrons. The second-order valence-corrected chi connectivity index (χ2v) is 4.54. The second kappa shape index (κ2) is 4.11. The summed E-state index contributed by atoms with van der Waals surface area (Å²) in [5, 5.41) is 0. The molecule has 0 radical (unpaired) electrons. The molecular weight excluding hydrogens is 205 g/mol. The Morgan fingerprint density at radius 1 is 1.50 bits per heavy atom. The van der Waals surface area contributed by atoms with Crippen LogP contribution in [0.5, 0.6) is 5.75 Å². The normalized spacial score (nSPS) is 13.7. The number of rotatable bonds is 3. The van der Waals surface area contributed by atoms with Crippen molar-refractivity contribution in [3.8, 4) is 5.75 Å². The van der Waals surface area contributed by atoms with Crippen LogP contribution in [0.2, 0.25) is 0 Å². The molecule has 1 rings (SSSR count). The van der Waals surface area contributed by atoms with Crippen molar-refractivity contribution in [3.05, 3.63) is 29.8 Å². The SMILES string of the molecule is COc1cccc([C@@H]([NH3+])P(=O)([O-])[O-])c1. The predicted octanol–water partition coefficient (Wildman–Crippen LogP) is -1.15. The maximum Gasteiger partial charge on any atom is 0.135 e. The molecule has 1 aromatic carbocycles. The van der Waals surface area contributed by atoms with Crippen LogP contribution in [0.25, 0.3) is 0 Å². The average Bonchev–Trinajstić information content (AvgIpc) is 2.15. The summed E-state index contributed by atoms with van der Waals surface area (Å²) in [6.45, 7) is 0. The fourth-order valence-electron chi connectivity index (χ4n) is 1.03. The van der Waals surface area contributed by atoms with Crippen LogP contribution >= 0.6 is 7.60 Å². The summed E-state index contributed by atoms with van der Waals surface area (Å²) in [6.07, 6.45) is 0. The van der Waals surface area contributed by atoms with E-state index in [4.69, 9.17) is 4.74 Å². The van der Waals surface area contributed by atoms with Crippen LogP contribution in [0.3, 0.4) is 0 Å². The lowest BCUT2D eigenvalue weighted by atomic mass is 10.2. The first kappa shape index (κ1) is 11.2. The Morgan fingerprint density at radius 3 is 2.64 bits per heavy atom. The van der Waals surface area contributed by atoms with Crippen molar-refractivity contribution in [3.63, 3.8) is 0 Å². The summed E-state index contributed by atoms with van der Waals surface area (Å²) in [6, 6.07) is 6.29. The highest BCUT2D eigenvalue weighted by Crippen LogP contribution is 2.38. The van der Waals surface area contributed by atoms with Gasteiger partial charge in [-0.3, -0.25) is 0 Å². The molecule has 5 nitrogen and oxygen atoms in total. The van der Waals surface area contributed by atoms with E-state index in [1.165, 1.54) is 19.2 Å². The molecule has 0 fully saturated rings. The van der Waals surface area contributed by atoms with Crippen LogP contribution in [0.4, 0.5) is 0 Å². The van der Waals surface area contributed by atoms with Gasteiger partial charge in [0.2, 0.25) is 0 Å². The van der Waals surface area contributed by atoms with E-state index in [0.717, 1.165) is 0 Å². The van der Waals surface area contributed by atoms with E-state index in [1.54, 1.807) is 12.1 Å². The summed E-state index contributed by atoms with van der Waals surface area (Å²) >= 11 is 0. The molecule has 0 aliphatic heterocycles. The van der Waals surface area contributed by atoms with Gasteiger partial charge >= 0.3 is 0 Å². The second-order valence-electron chi connectivity index (χ2n) is 2.83. The molecule has 1 atom stereocenters. The van der Waals surface area contributed by atoms with Gasteiger partial charge in [-0.05, 0) is 19.7 Å². The van der Waals surface area contributed by atoms with Gasteiger partial charge in [-0.25, -0.2) is 0 Å². The number of benzene rings is 1. The van der Waals surface area contributed by atoms with Crippen molar-refractivity contribution < 1.29 is 24.8 Å². The van der Waals surface area contributed by atoms with Crippen molar-refractivity contribution >= 4 is 7.60 Å². The molecule has 0 heterocycles. The molecule has 6 heteroatoms. The van der Waals surface area contributed by atoms with Gasteiger partial charge in [0.25, 0.3) is 0 Å². The number of methoxy groups -OCH3 is 1. The molecule has 1 aromatic rings. The number of hydrogen-bond donors (Lipinski definition) is 1. The van der Waals surface area contributed by atoms with E-state index in [0.29, 0.717) is 11.3 Å². The van der Waals surface area contributed by atoms with Crippen LogP contribution in [-0.4, -0.2) is 7.11 Å². The Labute approximate surface area is 81.7 Å². The van der Waals surface area contributed by atoms with Crippen molar-refractivity contribution in [1.82, 2.24) is 0 Å². The minimum Gasteiger partial charge on any atom is -0.806 e. The summed E-state index contributed by atoms with van der Waals surface area (Å²) < 4.78 is 15.6. The highest BCUT2D eigenvalue weighted by atomic mass is 31.2. The molecule has 0 amide bonds. The van der Waals surface area contributed by atoms with Crippen LogP contribution in [0.1, 0.15) is 11.3 Å². The van der Waals surface area contributed by atoms with Gasteiger partial charge in [0.1, 0.15) is 11.5 Å². The third-order valence-electron chi connectivity index (χ3n) is 1.86. The number of quaternary nitrogens is 1. The zero-order chi connectivity index (χ0) is 10.8. The van der Waals surface area contributed by atoms with Crippen molar-refractivity contribution in [2.45, 2.75) is 5.78 Å². The lowest BCUT2D eigenvalue weighted by molar-refractivity contribution is -0.434. The summed E-state index contributed by atoms with van der Waals surface area (Å²) in [4.78, 5) is 21.4. The van der Waals surface area contributed by atoms with Crippen molar-refractivity contribution in [2.24, 2.45) is 0 Å². The summed E-state index contributed by atoms with van der Waals surface area (Å²) in [7, 11) is -3.21. The van der Waals surface area contributed by atoms with Crippen LogP contribution in [0, 0.1) is 0 Å². The number of hydrogen-bond acceptors (Lipinski definition) is 4. The molecule has 0 saturated carbocycles. The Morgan fingerprint density at radius 2 is 2.14 bits per heavy atom. The largest absolute Gasteiger partial charge is 0.806 e. The molecule has 0 bridgehead atoms. The van der Waals surface area contributed by atoms with E-state index in [-0.39, 0.29) is 0 Å². The van der Waals surface area contributed by atoms with Crippen LogP contribution in [-0.2, 0) is 4.57 Å². The lowest BCUT2D eigenvalue weighted by Gasteiger charge is -2.32. The maximum absolute atomic E-state index is 10.7. The van der Waals surface area contributed by atoms with Gasteiger partial charge in [0.05, 0.1) is 7.11 Å². The predicted molar refractivity (Wildman–Crippen MR) is 46.2 cm³/mol. The Kier molecular flexibility index (Phi) is 3.29. The molecule has 0 aliphatic rings. The summed E-state index contributed by atoms with van der Waals surface area (Å²) in [5.74, 6) is -0.762. The minimum atomic E-state index is -4.68. The molecule has 0 aliphatic carbocycles. The van der Waals surface area contributed by atoms with E-state index in [9.17, 15) is 14.4 Å². The lowest BCUT2D eigenvalue weighted by Crippen LogP contribution is -2.56. The monoisotopic (exact) mass is 216 g/mol. The number of ether oxygens (including phenoxy) is 1. The first-order valence-electron chi connectivity index (χ1n) is 3.94. The van der Waals surface area contributed by atoms with Gasteiger partial charge in [0.15, 0.2) is 0 Å². The Hall–Kier alpha value is -0.870. The highest BCUT2D eigenvalue weighted by molar-refractivity contribution is 7.48. The van der Waals surface area contributed by atoms with Gasteiger partial charge in [0, 0.05) is 5.56 Å². The molecule has 14 heavy (non-hydrogen) atoms.